The summed E-state index contributed by atoms with van der Waals surface area (Å²) in [4.78, 5) is 16.9. The summed E-state index contributed by atoms with van der Waals surface area (Å²) in [6.45, 7) is 4.38. The molecule has 0 fully saturated rings. The highest BCUT2D eigenvalue weighted by Crippen LogP contribution is 2.23. The van der Waals surface area contributed by atoms with Crippen LogP contribution in [0.5, 0.6) is 0 Å². The molecule has 1 aromatic carbocycles. The molecule has 1 unspecified atom stereocenters. The van der Waals surface area contributed by atoms with Crippen LogP contribution in [-0.2, 0) is 0 Å². The number of hydrogen-bond acceptors (Lipinski definition) is 2. The Balaban J connectivity index is 2.18. The van der Waals surface area contributed by atoms with Gasteiger partial charge in [0, 0.05) is 23.6 Å². The maximum atomic E-state index is 12.6. The second kappa shape index (κ2) is 7.18. The normalized spacial score (nSPS) is 12.5. The molecule has 2 aromatic rings. The lowest BCUT2D eigenvalue weighted by atomic mass is 9.90. The number of benzene rings is 1. The highest BCUT2D eigenvalue weighted by Gasteiger charge is 2.15. The van der Waals surface area contributed by atoms with Crippen molar-refractivity contribution in [3.63, 3.8) is 0 Å². The van der Waals surface area contributed by atoms with Crippen LogP contribution in [0.3, 0.4) is 0 Å². The molecular weight excluding hydrogens is 246 g/mol. The van der Waals surface area contributed by atoms with E-state index in [1.807, 2.05) is 30.3 Å². The zero-order valence-corrected chi connectivity index (χ0v) is 12.4. The van der Waals surface area contributed by atoms with Crippen molar-refractivity contribution >= 4 is 16.7 Å². The lowest BCUT2D eigenvalue weighted by Crippen LogP contribution is -2.09. The van der Waals surface area contributed by atoms with E-state index in [0.29, 0.717) is 12.3 Å². The van der Waals surface area contributed by atoms with Crippen molar-refractivity contribution in [3.05, 3.63) is 42.1 Å². The molecule has 1 heterocycles. The van der Waals surface area contributed by atoms with E-state index < -0.39 is 0 Å². The lowest BCUT2D eigenvalue weighted by Gasteiger charge is -2.14. The van der Waals surface area contributed by atoms with E-state index in [2.05, 4.69) is 18.8 Å². The third kappa shape index (κ3) is 3.44. The Morgan fingerprint density at radius 3 is 2.80 bits per heavy atom. The zero-order chi connectivity index (χ0) is 14.4. The lowest BCUT2D eigenvalue weighted by molar-refractivity contribution is 0.0958. The van der Waals surface area contributed by atoms with Crippen molar-refractivity contribution in [2.75, 3.05) is 0 Å². The van der Waals surface area contributed by atoms with E-state index >= 15 is 0 Å². The van der Waals surface area contributed by atoms with Crippen LogP contribution >= 0.6 is 0 Å². The molecule has 0 bridgehead atoms. The Hall–Kier alpha value is -1.70. The van der Waals surface area contributed by atoms with Gasteiger partial charge in [0.25, 0.3) is 0 Å². The number of Topliss-reactive ketones (excluding diaryl/α,β-unsaturated/α-hetero) is 1. The van der Waals surface area contributed by atoms with Crippen molar-refractivity contribution in [2.45, 2.75) is 46.0 Å². The van der Waals surface area contributed by atoms with Crippen molar-refractivity contribution in [3.8, 4) is 0 Å². The summed E-state index contributed by atoms with van der Waals surface area (Å²) in [6.07, 6.45) is 7.07. The fourth-order valence-corrected chi connectivity index (χ4v) is 2.66. The number of fused-ring (bicyclic) bond motifs is 1. The fourth-order valence-electron chi connectivity index (χ4n) is 2.66. The van der Waals surface area contributed by atoms with E-state index in [1.54, 1.807) is 6.20 Å². The molecule has 0 N–H and O–H groups in total. The second-order valence-electron chi connectivity index (χ2n) is 5.42. The van der Waals surface area contributed by atoms with Crippen LogP contribution in [0.2, 0.25) is 0 Å². The van der Waals surface area contributed by atoms with Gasteiger partial charge in [-0.05, 0) is 18.1 Å². The maximum absolute atomic E-state index is 12.6. The molecule has 106 valence electrons. The molecule has 2 heteroatoms. The maximum Gasteiger partial charge on any atom is 0.163 e. The molecule has 0 saturated heterocycles. The number of pyridine rings is 1. The summed E-state index contributed by atoms with van der Waals surface area (Å²) in [5.41, 5.74) is 1.73. The predicted octanol–water partition coefficient (Wildman–Crippen LogP) is 5.02. The largest absolute Gasteiger partial charge is 0.294 e. The third-order valence-corrected chi connectivity index (χ3v) is 3.96. The van der Waals surface area contributed by atoms with Crippen LogP contribution in [0, 0.1) is 5.92 Å². The summed E-state index contributed by atoms with van der Waals surface area (Å²) in [5.74, 6) is 0.765. The first-order valence-electron chi connectivity index (χ1n) is 7.63. The quantitative estimate of drug-likeness (QED) is 0.660. The Kier molecular flexibility index (Phi) is 5.28. The summed E-state index contributed by atoms with van der Waals surface area (Å²) >= 11 is 0. The van der Waals surface area contributed by atoms with Gasteiger partial charge in [-0.25, -0.2) is 0 Å². The van der Waals surface area contributed by atoms with E-state index in [-0.39, 0.29) is 5.78 Å². The van der Waals surface area contributed by atoms with Gasteiger partial charge in [0.2, 0.25) is 0 Å². The molecule has 1 atom stereocenters. The Bertz CT molecular complexity index is 571. The topological polar surface area (TPSA) is 30.0 Å². The molecule has 0 amide bonds. The van der Waals surface area contributed by atoms with Crippen molar-refractivity contribution in [1.29, 1.82) is 0 Å². The van der Waals surface area contributed by atoms with Crippen molar-refractivity contribution in [1.82, 2.24) is 4.98 Å². The van der Waals surface area contributed by atoms with Gasteiger partial charge in [-0.3, -0.25) is 9.78 Å². The number of unbranched alkanes of at least 4 members (excludes halogenated alkanes) is 1. The highest BCUT2D eigenvalue weighted by atomic mass is 16.1. The van der Waals surface area contributed by atoms with Crippen molar-refractivity contribution in [2.24, 2.45) is 5.92 Å². The van der Waals surface area contributed by atoms with E-state index in [1.165, 1.54) is 12.8 Å². The predicted molar refractivity (Wildman–Crippen MR) is 84.0 cm³/mol. The summed E-state index contributed by atoms with van der Waals surface area (Å²) in [5, 5.41) is 0.977. The number of carbonyl (C=O) groups is 1. The minimum atomic E-state index is 0.256. The number of carbonyl (C=O) groups excluding carboxylic acids is 1. The van der Waals surface area contributed by atoms with Crippen molar-refractivity contribution < 1.29 is 4.79 Å². The van der Waals surface area contributed by atoms with Gasteiger partial charge in [-0.2, -0.15) is 0 Å². The van der Waals surface area contributed by atoms with E-state index in [9.17, 15) is 4.79 Å². The van der Waals surface area contributed by atoms with Gasteiger partial charge in [0.1, 0.15) is 0 Å². The molecule has 2 rings (SSSR count). The fraction of sp³-hybridized carbons (Fsp3) is 0.444. The molecular formula is C18H23NO. The minimum Gasteiger partial charge on any atom is -0.294 e. The third-order valence-electron chi connectivity index (χ3n) is 3.96. The first-order valence-corrected chi connectivity index (χ1v) is 7.63. The second-order valence-corrected chi connectivity index (χ2v) is 5.42. The average molecular weight is 269 g/mol. The molecule has 0 radical (unpaired) electrons. The molecule has 1 aromatic heterocycles. The van der Waals surface area contributed by atoms with Crippen LogP contribution in [0.15, 0.2) is 36.5 Å². The number of aromatic nitrogens is 1. The summed E-state index contributed by atoms with van der Waals surface area (Å²) < 4.78 is 0. The van der Waals surface area contributed by atoms with Crippen LogP contribution in [0.1, 0.15) is 56.3 Å². The molecule has 0 aliphatic heterocycles. The number of nitrogens with zero attached hydrogens (tertiary/aromatic N) is 1. The minimum absolute atomic E-state index is 0.256. The highest BCUT2D eigenvalue weighted by molar-refractivity contribution is 6.07. The van der Waals surface area contributed by atoms with Crippen LogP contribution in [-0.4, -0.2) is 10.8 Å². The smallest absolute Gasteiger partial charge is 0.163 e. The first kappa shape index (κ1) is 14.7. The Morgan fingerprint density at radius 1 is 1.20 bits per heavy atom. The number of ketones is 1. The van der Waals surface area contributed by atoms with Gasteiger partial charge in [-0.1, -0.05) is 57.7 Å². The van der Waals surface area contributed by atoms with Gasteiger partial charge in [-0.15, -0.1) is 0 Å². The van der Waals surface area contributed by atoms with E-state index in [4.69, 9.17) is 0 Å². The molecule has 0 spiro atoms. The van der Waals surface area contributed by atoms with Gasteiger partial charge in [0.05, 0.1) is 5.52 Å². The molecule has 2 nitrogen and oxygen atoms in total. The molecule has 20 heavy (non-hydrogen) atoms. The monoisotopic (exact) mass is 269 g/mol. The zero-order valence-electron chi connectivity index (χ0n) is 12.4. The van der Waals surface area contributed by atoms with Gasteiger partial charge in [0.15, 0.2) is 5.78 Å². The first-order chi connectivity index (χ1) is 9.76. The van der Waals surface area contributed by atoms with Crippen LogP contribution in [0.4, 0.5) is 0 Å². The molecule has 0 aliphatic rings. The number of rotatable bonds is 7. The summed E-state index contributed by atoms with van der Waals surface area (Å²) in [6, 6.07) is 9.70. The number of hydrogen-bond donors (Lipinski definition) is 0. The van der Waals surface area contributed by atoms with Gasteiger partial charge >= 0.3 is 0 Å². The Morgan fingerprint density at radius 2 is 2.05 bits per heavy atom. The van der Waals surface area contributed by atoms with E-state index in [0.717, 1.165) is 29.3 Å². The standard InChI is InChI=1S/C18H23NO/c1-3-5-8-14(4-2)13-18(20)16-9-6-11-17-15(16)10-7-12-19-17/h6-7,9-12,14H,3-5,8,13H2,1-2H3. The molecule has 0 saturated carbocycles. The molecule has 0 aliphatic carbocycles. The SMILES string of the molecule is CCCCC(CC)CC(=O)c1cccc2ncccc12. The summed E-state index contributed by atoms with van der Waals surface area (Å²) in [7, 11) is 0. The Labute approximate surface area is 121 Å². The average Bonchev–Trinajstić information content (AvgIpc) is 2.50. The van der Waals surface area contributed by atoms with Crippen LogP contribution in [0.25, 0.3) is 10.9 Å². The van der Waals surface area contributed by atoms with Crippen LogP contribution < -0.4 is 0 Å². The van der Waals surface area contributed by atoms with Gasteiger partial charge < -0.3 is 0 Å².